The van der Waals surface area contributed by atoms with Gasteiger partial charge >= 0.3 is 5.97 Å². The molecule has 76 valence electrons. The molecule has 5 nitrogen and oxygen atoms in total. The molecule has 5 heteroatoms. The maximum Gasteiger partial charge on any atom is 0.305 e. The Labute approximate surface area is 78.0 Å². The molecule has 0 atom stereocenters. The Balaban J connectivity index is 3.80. The van der Waals surface area contributed by atoms with Crippen LogP contribution in [-0.4, -0.2) is 49.5 Å². The average Bonchev–Trinajstić information content (AvgIpc) is 2.10. The van der Waals surface area contributed by atoms with Crippen LogP contribution >= 0.6 is 0 Å². The molecular weight excluding hydrogens is 172 g/mol. The molecule has 0 amide bonds. The van der Waals surface area contributed by atoms with Crippen LogP contribution in [0.15, 0.2) is 5.16 Å². The lowest BCUT2D eigenvalue weighted by Crippen LogP contribution is -2.22. The number of esters is 1. The molecule has 13 heavy (non-hydrogen) atoms. The van der Waals surface area contributed by atoms with Crippen molar-refractivity contribution in [1.29, 1.82) is 0 Å². The van der Waals surface area contributed by atoms with Gasteiger partial charge in [0, 0.05) is 13.0 Å². The van der Waals surface area contributed by atoms with Gasteiger partial charge in [0.1, 0.15) is 0 Å². The standard InChI is InChI=1S/C8H16N2O3/c1-10(2)6-7(9-12)4-5-8(11)13-3/h12H,4-6H2,1-3H3/b9-7-. The van der Waals surface area contributed by atoms with Gasteiger partial charge in [-0.05, 0) is 14.1 Å². The molecule has 0 aliphatic carbocycles. The Morgan fingerprint density at radius 2 is 2.08 bits per heavy atom. The summed E-state index contributed by atoms with van der Waals surface area (Å²) in [5.41, 5.74) is 0.579. The Bertz CT molecular complexity index is 190. The predicted octanol–water partition coefficient (Wildman–Crippen LogP) is 0.331. The number of hydrogen-bond acceptors (Lipinski definition) is 5. The summed E-state index contributed by atoms with van der Waals surface area (Å²) >= 11 is 0. The largest absolute Gasteiger partial charge is 0.469 e. The summed E-state index contributed by atoms with van der Waals surface area (Å²) in [5.74, 6) is -0.292. The van der Waals surface area contributed by atoms with E-state index in [1.165, 1.54) is 7.11 Å². The fourth-order valence-electron chi connectivity index (χ4n) is 0.874. The number of carbonyl (C=O) groups is 1. The summed E-state index contributed by atoms with van der Waals surface area (Å²) in [6, 6.07) is 0. The highest BCUT2D eigenvalue weighted by atomic mass is 16.5. The minimum atomic E-state index is -0.292. The van der Waals surface area contributed by atoms with E-state index in [1.54, 1.807) is 0 Å². The van der Waals surface area contributed by atoms with E-state index in [-0.39, 0.29) is 12.4 Å². The van der Waals surface area contributed by atoms with Crippen molar-refractivity contribution in [3.63, 3.8) is 0 Å². The van der Waals surface area contributed by atoms with Crippen molar-refractivity contribution < 1.29 is 14.7 Å². The first-order valence-corrected chi connectivity index (χ1v) is 4.01. The van der Waals surface area contributed by atoms with E-state index in [0.29, 0.717) is 18.7 Å². The van der Waals surface area contributed by atoms with Crippen molar-refractivity contribution >= 4 is 11.7 Å². The Hall–Kier alpha value is -1.10. The van der Waals surface area contributed by atoms with E-state index < -0.39 is 0 Å². The third-order valence-electron chi connectivity index (χ3n) is 1.49. The lowest BCUT2D eigenvalue weighted by Gasteiger charge is -2.09. The molecule has 0 aromatic heterocycles. The highest BCUT2D eigenvalue weighted by Crippen LogP contribution is 1.96. The highest BCUT2D eigenvalue weighted by Gasteiger charge is 2.06. The van der Waals surface area contributed by atoms with E-state index in [4.69, 9.17) is 5.21 Å². The van der Waals surface area contributed by atoms with Gasteiger partial charge in [0.05, 0.1) is 19.2 Å². The summed E-state index contributed by atoms with van der Waals surface area (Å²) in [5, 5.41) is 11.7. The summed E-state index contributed by atoms with van der Waals surface area (Å²) in [7, 11) is 5.07. The van der Waals surface area contributed by atoms with Crippen LogP contribution in [0.2, 0.25) is 0 Å². The zero-order valence-corrected chi connectivity index (χ0v) is 8.28. The molecule has 0 spiro atoms. The van der Waals surface area contributed by atoms with Gasteiger partial charge in [-0.15, -0.1) is 0 Å². The lowest BCUT2D eigenvalue weighted by molar-refractivity contribution is -0.140. The Morgan fingerprint density at radius 1 is 1.46 bits per heavy atom. The molecule has 0 saturated heterocycles. The van der Waals surface area contributed by atoms with Crippen molar-refractivity contribution in [1.82, 2.24) is 4.90 Å². The molecule has 1 N–H and O–H groups in total. The zero-order valence-electron chi connectivity index (χ0n) is 8.28. The van der Waals surface area contributed by atoms with Crippen molar-refractivity contribution in [3.05, 3.63) is 0 Å². The first-order valence-electron chi connectivity index (χ1n) is 4.01. The van der Waals surface area contributed by atoms with Crippen LogP contribution in [0.3, 0.4) is 0 Å². The number of ether oxygens (including phenoxy) is 1. The second kappa shape index (κ2) is 6.42. The van der Waals surface area contributed by atoms with E-state index in [2.05, 4.69) is 9.89 Å². The van der Waals surface area contributed by atoms with Gasteiger partial charge in [0.2, 0.25) is 0 Å². The van der Waals surface area contributed by atoms with Crippen molar-refractivity contribution in [2.45, 2.75) is 12.8 Å². The number of carbonyl (C=O) groups excluding carboxylic acids is 1. The fourth-order valence-corrected chi connectivity index (χ4v) is 0.874. The number of oxime groups is 1. The number of methoxy groups -OCH3 is 1. The van der Waals surface area contributed by atoms with Crippen LogP contribution in [0.25, 0.3) is 0 Å². The molecule has 0 bridgehead atoms. The monoisotopic (exact) mass is 188 g/mol. The zero-order chi connectivity index (χ0) is 10.3. The summed E-state index contributed by atoms with van der Waals surface area (Å²) in [6.45, 7) is 0.549. The summed E-state index contributed by atoms with van der Waals surface area (Å²) < 4.78 is 4.46. The van der Waals surface area contributed by atoms with Crippen LogP contribution < -0.4 is 0 Å². The summed E-state index contributed by atoms with van der Waals surface area (Å²) in [6.07, 6.45) is 0.686. The number of nitrogens with zero attached hydrogens (tertiary/aromatic N) is 2. The first-order chi connectivity index (χ1) is 6.10. The molecule has 0 saturated carbocycles. The molecule has 0 aromatic carbocycles. The van der Waals surface area contributed by atoms with Gasteiger partial charge in [-0.2, -0.15) is 0 Å². The quantitative estimate of drug-likeness (QED) is 0.292. The maximum absolute atomic E-state index is 10.7. The van der Waals surface area contributed by atoms with E-state index in [0.717, 1.165) is 0 Å². The van der Waals surface area contributed by atoms with Crippen LogP contribution in [0.5, 0.6) is 0 Å². The molecule has 0 radical (unpaired) electrons. The Morgan fingerprint density at radius 3 is 2.46 bits per heavy atom. The second-order valence-electron chi connectivity index (χ2n) is 2.98. The van der Waals surface area contributed by atoms with Gasteiger partial charge in [-0.3, -0.25) is 4.79 Å². The van der Waals surface area contributed by atoms with Crippen molar-refractivity contribution in [2.75, 3.05) is 27.7 Å². The highest BCUT2D eigenvalue weighted by molar-refractivity contribution is 5.88. The molecule has 0 aliphatic rings. The first kappa shape index (κ1) is 11.9. The van der Waals surface area contributed by atoms with Crippen molar-refractivity contribution in [2.24, 2.45) is 5.16 Å². The normalized spacial score (nSPS) is 11.8. The maximum atomic E-state index is 10.7. The average molecular weight is 188 g/mol. The smallest absolute Gasteiger partial charge is 0.305 e. The third kappa shape index (κ3) is 6.10. The van der Waals surface area contributed by atoms with Gasteiger partial charge in [-0.1, -0.05) is 5.16 Å². The molecule has 0 aromatic rings. The van der Waals surface area contributed by atoms with E-state index in [9.17, 15) is 4.79 Å². The molecular formula is C8H16N2O3. The fraction of sp³-hybridized carbons (Fsp3) is 0.750. The summed E-state index contributed by atoms with van der Waals surface area (Å²) in [4.78, 5) is 12.6. The predicted molar refractivity (Wildman–Crippen MR) is 49.0 cm³/mol. The van der Waals surface area contributed by atoms with Crippen LogP contribution in [0.1, 0.15) is 12.8 Å². The van der Waals surface area contributed by atoms with Gasteiger partial charge in [0.25, 0.3) is 0 Å². The van der Waals surface area contributed by atoms with Gasteiger partial charge in [0.15, 0.2) is 0 Å². The second-order valence-corrected chi connectivity index (χ2v) is 2.98. The Kier molecular flexibility index (Phi) is 5.88. The van der Waals surface area contributed by atoms with Crippen molar-refractivity contribution in [3.8, 4) is 0 Å². The molecule has 0 heterocycles. The van der Waals surface area contributed by atoms with Crippen LogP contribution in [0.4, 0.5) is 0 Å². The number of rotatable bonds is 5. The topological polar surface area (TPSA) is 62.1 Å². The van der Waals surface area contributed by atoms with Crippen LogP contribution in [-0.2, 0) is 9.53 Å². The minimum Gasteiger partial charge on any atom is -0.469 e. The number of hydrogen-bond donors (Lipinski definition) is 1. The molecule has 0 fully saturated rings. The lowest BCUT2D eigenvalue weighted by atomic mass is 10.2. The molecule has 0 aliphatic heterocycles. The van der Waals surface area contributed by atoms with E-state index >= 15 is 0 Å². The molecule has 0 unspecified atom stereocenters. The van der Waals surface area contributed by atoms with E-state index in [1.807, 2.05) is 19.0 Å². The van der Waals surface area contributed by atoms with Gasteiger partial charge in [-0.25, -0.2) is 0 Å². The van der Waals surface area contributed by atoms with Crippen LogP contribution in [0, 0.1) is 0 Å². The third-order valence-corrected chi connectivity index (χ3v) is 1.49. The SMILES string of the molecule is COC(=O)CC/C(CN(C)C)=N/O. The van der Waals surface area contributed by atoms with Gasteiger partial charge < -0.3 is 14.8 Å². The minimum absolute atomic E-state index is 0.254. The molecule has 0 rings (SSSR count).